The molecule has 3 aromatic rings. The maximum absolute atomic E-state index is 13.4. The van der Waals surface area contributed by atoms with Gasteiger partial charge >= 0.3 is 0 Å². The Morgan fingerprint density at radius 3 is 1.84 bits per heavy atom. The quantitative estimate of drug-likeness (QED) is 0.432. The van der Waals surface area contributed by atoms with Gasteiger partial charge in [-0.1, -0.05) is 54.6 Å². The molecule has 4 rings (SSSR count). The lowest BCUT2D eigenvalue weighted by atomic mass is 9.74. The summed E-state index contributed by atoms with van der Waals surface area (Å²) in [5.74, 6) is -0.401. The summed E-state index contributed by atoms with van der Waals surface area (Å²) in [7, 11) is 0. The molecule has 0 saturated carbocycles. The molecule has 0 bridgehead atoms. The zero-order chi connectivity index (χ0) is 22.4. The van der Waals surface area contributed by atoms with Crippen molar-refractivity contribution in [3.05, 3.63) is 107 Å². The lowest BCUT2D eigenvalue weighted by Gasteiger charge is -2.37. The minimum Gasteiger partial charge on any atom is -0.303 e. The third-order valence-electron chi connectivity index (χ3n) is 6.76. The highest BCUT2D eigenvalue weighted by Crippen LogP contribution is 2.35. The fourth-order valence-corrected chi connectivity index (χ4v) is 4.82. The standard InChI is InChI=1S/C28H28F2N2/c29-25-12-8-22(9-13-25)27(23-10-14-26(30)15-11-23)7-4-18-32-19-16-28(21-31,17-20-32)24-5-2-1-3-6-24/h1-3,5-6,8-15,27H,4,7,16-20H2. The molecule has 1 fully saturated rings. The van der Waals surface area contributed by atoms with Crippen LogP contribution in [0.2, 0.25) is 0 Å². The molecule has 0 aliphatic carbocycles. The molecule has 3 aromatic carbocycles. The molecule has 1 aliphatic rings. The Balaban J connectivity index is 1.38. The third-order valence-corrected chi connectivity index (χ3v) is 6.76. The van der Waals surface area contributed by atoms with E-state index in [2.05, 4.69) is 23.1 Å². The van der Waals surface area contributed by atoms with Gasteiger partial charge in [-0.3, -0.25) is 0 Å². The largest absolute Gasteiger partial charge is 0.303 e. The first-order chi connectivity index (χ1) is 15.6. The van der Waals surface area contributed by atoms with Gasteiger partial charge < -0.3 is 4.90 Å². The monoisotopic (exact) mass is 430 g/mol. The first-order valence-corrected chi connectivity index (χ1v) is 11.3. The van der Waals surface area contributed by atoms with E-state index in [0.717, 1.165) is 62.0 Å². The van der Waals surface area contributed by atoms with E-state index >= 15 is 0 Å². The summed E-state index contributed by atoms with van der Waals surface area (Å²) >= 11 is 0. The van der Waals surface area contributed by atoms with E-state index < -0.39 is 0 Å². The minimum atomic E-state index is -0.386. The number of benzene rings is 3. The first kappa shape index (κ1) is 22.2. The summed E-state index contributed by atoms with van der Waals surface area (Å²) in [6.45, 7) is 2.76. The highest BCUT2D eigenvalue weighted by atomic mass is 19.1. The molecule has 1 heterocycles. The number of nitriles is 1. The maximum Gasteiger partial charge on any atom is 0.123 e. The summed E-state index contributed by atoms with van der Waals surface area (Å²) in [5.41, 5.74) is 2.82. The van der Waals surface area contributed by atoms with Crippen LogP contribution in [0.25, 0.3) is 0 Å². The van der Waals surface area contributed by atoms with E-state index in [4.69, 9.17) is 0 Å². The predicted octanol–water partition coefficient (Wildman–Crippen LogP) is 6.43. The number of hydrogen-bond acceptors (Lipinski definition) is 2. The molecule has 4 heteroatoms. The molecule has 32 heavy (non-hydrogen) atoms. The molecular formula is C28H28F2N2. The number of piperidine rings is 1. The zero-order valence-corrected chi connectivity index (χ0v) is 18.2. The van der Waals surface area contributed by atoms with Crippen LogP contribution >= 0.6 is 0 Å². The van der Waals surface area contributed by atoms with Crippen molar-refractivity contribution in [2.24, 2.45) is 0 Å². The summed E-state index contributed by atoms with van der Waals surface area (Å²) in [4.78, 5) is 2.44. The first-order valence-electron chi connectivity index (χ1n) is 11.3. The van der Waals surface area contributed by atoms with E-state index in [0.29, 0.717) is 0 Å². The van der Waals surface area contributed by atoms with Crippen LogP contribution in [0.5, 0.6) is 0 Å². The van der Waals surface area contributed by atoms with E-state index in [1.807, 2.05) is 42.5 Å². The van der Waals surface area contributed by atoms with Gasteiger partial charge in [0.25, 0.3) is 0 Å². The Morgan fingerprint density at radius 2 is 1.34 bits per heavy atom. The molecule has 0 unspecified atom stereocenters. The van der Waals surface area contributed by atoms with Crippen molar-refractivity contribution in [1.82, 2.24) is 4.90 Å². The summed E-state index contributed by atoms with van der Waals surface area (Å²) in [6.07, 6.45) is 3.56. The molecule has 2 nitrogen and oxygen atoms in total. The van der Waals surface area contributed by atoms with Crippen molar-refractivity contribution in [2.45, 2.75) is 37.0 Å². The van der Waals surface area contributed by atoms with Crippen LogP contribution in [0.15, 0.2) is 78.9 Å². The Kier molecular flexibility index (Phi) is 6.97. The average molecular weight is 431 g/mol. The fraction of sp³-hybridized carbons (Fsp3) is 0.321. The second-order valence-corrected chi connectivity index (χ2v) is 8.70. The second kappa shape index (κ2) is 10.1. The molecular weight excluding hydrogens is 402 g/mol. The van der Waals surface area contributed by atoms with Crippen LogP contribution in [-0.4, -0.2) is 24.5 Å². The van der Waals surface area contributed by atoms with Gasteiger partial charge in [-0.2, -0.15) is 5.26 Å². The number of likely N-dealkylation sites (tertiary alicyclic amines) is 1. The predicted molar refractivity (Wildman–Crippen MR) is 123 cm³/mol. The topological polar surface area (TPSA) is 27.0 Å². The molecule has 0 N–H and O–H groups in total. The molecule has 0 aromatic heterocycles. The van der Waals surface area contributed by atoms with Gasteiger partial charge in [0, 0.05) is 5.92 Å². The lowest BCUT2D eigenvalue weighted by Crippen LogP contribution is -2.42. The Hall–Kier alpha value is -3.03. The lowest BCUT2D eigenvalue weighted by molar-refractivity contribution is 0.183. The van der Waals surface area contributed by atoms with Gasteiger partial charge in [-0.05, 0) is 86.3 Å². The smallest absolute Gasteiger partial charge is 0.123 e. The van der Waals surface area contributed by atoms with Crippen LogP contribution in [0.3, 0.4) is 0 Å². The summed E-state index contributed by atoms with van der Waals surface area (Å²) < 4.78 is 26.9. The van der Waals surface area contributed by atoms with Crippen LogP contribution < -0.4 is 0 Å². The molecule has 164 valence electrons. The highest BCUT2D eigenvalue weighted by molar-refractivity contribution is 5.34. The fourth-order valence-electron chi connectivity index (χ4n) is 4.82. The van der Waals surface area contributed by atoms with Crippen LogP contribution in [0.1, 0.15) is 48.3 Å². The average Bonchev–Trinajstić information content (AvgIpc) is 2.84. The Morgan fingerprint density at radius 1 is 0.812 bits per heavy atom. The van der Waals surface area contributed by atoms with Gasteiger partial charge in [-0.25, -0.2) is 8.78 Å². The van der Waals surface area contributed by atoms with E-state index in [-0.39, 0.29) is 23.0 Å². The van der Waals surface area contributed by atoms with Crippen molar-refractivity contribution in [3.8, 4) is 6.07 Å². The summed E-state index contributed by atoms with van der Waals surface area (Å²) in [6, 6.07) is 26.0. The summed E-state index contributed by atoms with van der Waals surface area (Å²) in [5, 5.41) is 9.90. The molecule has 1 aliphatic heterocycles. The van der Waals surface area contributed by atoms with Crippen molar-refractivity contribution in [3.63, 3.8) is 0 Å². The molecule has 0 radical (unpaired) electrons. The van der Waals surface area contributed by atoms with Crippen molar-refractivity contribution >= 4 is 0 Å². The van der Waals surface area contributed by atoms with Crippen molar-refractivity contribution < 1.29 is 8.78 Å². The second-order valence-electron chi connectivity index (χ2n) is 8.70. The normalized spacial score (nSPS) is 16.1. The van der Waals surface area contributed by atoms with Gasteiger partial charge in [0.1, 0.15) is 11.6 Å². The van der Waals surface area contributed by atoms with Gasteiger partial charge in [0.2, 0.25) is 0 Å². The van der Waals surface area contributed by atoms with Crippen LogP contribution in [-0.2, 0) is 5.41 Å². The van der Waals surface area contributed by atoms with Crippen molar-refractivity contribution in [2.75, 3.05) is 19.6 Å². The zero-order valence-electron chi connectivity index (χ0n) is 18.2. The molecule has 1 saturated heterocycles. The van der Waals surface area contributed by atoms with Crippen molar-refractivity contribution in [1.29, 1.82) is 5.26 Å². The molecule has 0 spiro atoms. The Bertz CT molecular complexity index is 986. The SMILES string of the molecule is N#CC1(c2ccccc2)CCN(CCCC(c2ccc(F)cc2)c2ccc(F)cc2)CC1. The number of hydrogen-bond donors (Lipinski definition) is 0. The van der Waals surface area contributed by atoms with E-state index in [1.54, 1.807) is 0 Å². The minimum absolute atomic E-state index is 0.100. The highest BCUT2D eigenvalue weighted by Gasteiger charge is 2.36. The maximum atomic E-state index is 13.4. The van der Waals surface area contributed by atoms with Gasteiger partial charge in [-0.15, -0.1) is 0 Å². The molecule has 0 amide bonds. The number of halogens is 2. The van der Waals surface area contributed by atoms with Gasteiger partial charge in [0.05, 0.1) is 11.5 Å². The van der Waals surface area contributed by atoms with E-state index in [1.165, 1.54) is 24.3 Å². The van der Waals surface area contributed by atoms with Crippen LogP contribution in [0.4, 0.5) is 8.78 Å². The molecule has 0 atom stereocenters. The number of nitrogens with zero attached hydrogens (tertiary/aromatic N) is 2. The number of rotatable bonds is 7. The van der Waals surface area contributed by atoms with Crippen LogP contribution in [0, 0.1) is 23.0 Å². The van der Waals surface area contributed by atoms with Gasteiger partial charge in [0.15, 0.2) is 0 Å². The van der Waals surface area contributed by atoms with E-state index in [9.17, 15) is 14.0 Å². The third kappa shape index (κ3) is 5.06. The Labute approximate surface area is 189 Å².